The molecular weight excluding hydrogens is 188 g/mol. The summed E-state index contributed by atoms with van der Waals surface area (Å²) in [6, 6.07) is 7.96. The van der Waals surface area contributed by atoms with Gasteiger partial charge in [-0.2, -0.15) is 0 Å². The second-order valence-corrected chi connectivity index (χ2v) is 4.23. The van der Waals surface area contributed by atoms with Crippen LogP contribution in [0.2, 0.25) is 0 Å². The first-order valence-corrected chi connectivity index (χ1v) is 5.51. The van der Waals surface area contributed by atoms with E-state index < -0.39 is 0 Å². The molecule has 0 radical (unpaired) electrons. The zero-order chi connectivity index (χ0) is 10.7. The molecule has 1 fully saturated rings. The average molecular weight is 206 g/mol. The largest absolute Gasteiger partial charge is 0.399 e. The first-order valence-electron chi connectivity index (χ1n) is 5.51. The van der Waals surface area contributed by atoms with Gasteiger partial charge >= 0.3 is 0 Å². The second kappa shape index (κ2) is 4.53. The summed E-state index contributed by atoms with van der Waals surface area (Å²) in [6.45, 7) is 2.34. The molecule has 0 amide bonds. The van der Waals surface area contributed by atoms with Gasteiger partial charge in [0.2, 0.25) is 0 Å². The summed E-state index contributed by atoms with van der Waals surface area (Å²) < 4.78 is 0. The van der Waals surface area contributed by atoms with Crippen LogP contribution in [0.3, 0.4) is 0 Å². The van der Waals surface area contributed by atoms with E-state index in [1.54, 1.807) is 0 Å². The number of aliphatic hydroxyl groups excluding tert-OH is 1. The van der Waals surface area contributed by atoms with Crippen molar-refractivity contribution in [2.45, 2.75) is 12.8 Å². The number of nitrogen functional groups attached to an aromatic ring is 1. The zero-order valence-electron chi connectivity index (χ0n) is 8.89. The molecule has 1 unspecified atom stereocenters. The minimum atomic E-state index is 0.297. The van der Waals surface area contributed by atoms with Gasteiger partial charge in [0.15, 0.2) is 0 Å². The van der Waals surface area contributed by atoms with Crippen LogP contribution in [-0.4, -0.2) is 24.8 Å². The van der Waals surface area contributed by atoms with Crippen molar-refractivity contribution in [1.29, 1.82) is 0 Å². The van der Waals surface area contributed by atoms with Gasteiger partial charge in [-0.25, -0.2) is 0 Å². The molecule has 0 aliphatic carbocycles. The lowest BCUT2D eigenvalue weighted by Crippen LogP contribution is -2.36. The van der Waals surface area contributed by atoms with E-state index >= 15 is 0 Å². The lowest BCUT2D eigenvalue weighted by atomic mass is 9.98. The van der Waals surface area contributed by atoms with Crippen molar-refractivity contribution >= 4 is 11.4 Å². The SMILES string of the molecule is Nc1ccc(N2CCCC(CO)C2)cc1. The molecule has 15 heavy (non-hydrogen) atoms. The molecule has 3 heteroatoms. The van der Waals surface area contributed by atoms with Gasteiger partial charge in [0, 0.05) is 31.1 Å². The molecule has 1 saturated heterocycles. The maximum absolute atomic E-state index is 9.15. The molecule has 1 aliphatic rings. The van der Waals surface area contributed by atoms with Crippen molar-refractivity contribution in [3.63, 3.8) is 0 Å². The maximum atomic E-state index is 9.15. The number of aliphatic hydroxyl groups is 1. The zero-order valence-corrected chi connectivity index (χ0v) is 8.89. The standard InChI is InChI=1S/C12H18N2O/c13-11-3-5-12(6-4-11)14-7-1-2-10(8-14)9-15/h3-6,10,15H,1-2,7-9,13H2. The normalized spacial score (nSPS) is 21.7. The summed E-state index contributed by atoms with van der Waals surface area (Å²) >= 11 is 0. The Morgan fingerprint density at radius 2 is 2.07 bits per heavy atom. The summed E-state index contributed by atoms with van der Waals surface area (Å²) in [6.07, 6.45) is 2.30. The Balaban J connectivity index is 2.06. The van der Waals surface area contributed by atoms with Crippen molar-refractivity contribution in [2.75, 3.05) is 30.3 Å². The van der Waals surface area contributed by atoms with E-state index in [9.17, 15) is 0 Å². The number of hydrogen-bond acceptors (Lipinski definition) is 3. The molecule has 0 spiro atoms. The summed E-state index contributed by atoms with van der Waals surface area (Å²) in [5, 5.41) is 9.15. The molecule has 0 aromatic heterocycles. The molecular formula is C12H18N2O. The van der Waals surface area contributed by atoms with Gasteiger partial charge in [0.1, 0.15) is 0 Å². The van der Waals surface area contributed by atoms with Gasteiger partial charge in [-0.05, 0) is 43.0 Å². The van der Waals surface area contributed by atoms with Crippen LogP contribution in [0, 0.1) is 5.92 Å². The van der Waals surface area contributed by atoms with Crippen LogP contribution >= 0.6 is 0 Å². The lowest BCUT2D eigenvalue weighted by Gasteiger charge is -2.33. The topological polar surface area (TPSA) is 49.5 Å². The number of benzene rings is 1. The molecule has 1 aromatic carbocycles. The lowest BCUT2D eigenvalue weighted by molar-refractivity contribution is 0.209. The van der Waals surface area contributed by atoms with Gasteiger partial charge in [0.05, 0.1) is 0 Å². The Bertz CT molecular complexity index is 310. The van der Waals surface area contributed by atoms with Crippen LogP contribution < -0.4 is 10.6 Å². The Morgan fingerprint density at radius 3 is 2.73 bits per heavy atom. The van der Waals surface area contributed by atoms with Gasteiger partial charge in [-0.15, -0.1) is 0 Å². The minimum absolute atomic E-state index is 0.297. The molecule has 1 atom stereocenters. The molecule has 1 aromatic rings. The molecule has 3 N–H and O–H groups in total. The fourth-order valence-corrected chi connectivity index (χ4v) is 2.13. The van der Waals surface area contributed by atoms with E-state index in [1.807, 2.05) is 12.1 Å². The van der Waals surface area contributed by atoms with Crippen molar-refractivity contribution < 1.29 is 5.11 Å². The first-order chi connectivity index (χ1) is 7.29. The first kappa shape index (κ1) is 10.3. The van der Waals surface area contributed by atoms with Gasteiger partial charge in [0.25, 0.3) is 0 Å². The summed E-state index contributed by atoms with van der Waals surface area (Å²) in [5.41, 5.74) is 7.66. The Morgan fingerprint density at radius 1 is 1.33 bits per heavy atom. The summed E-state index contributed by atoms with van der Waals surface area (Å²) in [7, 11) is 0. The summed E-state index contributed by atoms with van der Waals surface area (Å²) in [4.78, 5) is 2.32. The highest BCUT2D eigenvalue weighted by Gasteiger charge is 2.18. The van der Waals surface area contributed by atoms with Crippen molar-refractivity contribution in [1.82, 2.24) is 0 Å². The van der Waals surface area contributed by atoms with E-state index in [1.165, 1.54) is 5.69 Å². The van der Waals surface area contributed by atoms with E-state index in [4.69, 9.17) is 10.8 Å². The quantitative estimate of drug-likeness (QED) is 0.721. The average Bonchev–Trinajstić information content (AvgIpc) is 2.30. The number of piperidine rings is 1. The third kappa shape index (κ3) is 2.42. The monoisotopic (exact) mass is 206 g/mol. The fraction of sp³-hybridized carbons (Fsp3) is 0.500. The number of rotatable bonds is 2. The molecule has 1 aliphatic heterocycles. The van der Waals surface area contributed by atoms with E-state index in [-0.39, 0.29) is 0 Å². The van der Waals surface area contributed by atoms with Crippen LogP contribution in [0.4, 0.5) is 11.4 Å². The van der Waals surface area contributed by atoms with Gasteiger partial charge in [-0.3, -0.25) is 0 Å². The Labute approximate surface area is 90.5 Å². The predicted molar refractivity (Wildman–Crippen MR) is 62.9 cm³/mol. The second-order valence-electron chi connectivity index (χ2n) is 4.23. The number of nitrogens with two attached hydrogens (primary N) is 1. The Hall–Kier alpha value is -1.22. The minimum Gasteiger partial charge on any atom is -0.399 e. The maximum Gasteiger partial charge on any atom is 0.0476 e. The van der Waals surface area contributed by atoms with Gasteiger partial charge in [-0.1, -0.05) is 0 Å². The third-order valence-corrected chi connectivity index (χ3v) is 3.04. The predicted octanol–water partition coefficient (Wildman–Crippen LogP) is 1.48. The van der Waals surface area contributed by atoms with Crippen LogP contribution in [0.5, 0.6) is 0 Å². The molecule has 0 saturated carbocycles. The van der Waals surface area contributed by atoms with Crippen molar-refractivity contribution in [2.24, 2.45) is 5.92 Å². The highest BCUT2D eigenvalue weighted by molar-refractivity contribution is 5.53. The highest BCUT2D eigenvalue weighted by Crippen LogP contribution is 2.23. The van der Waals surface area contributed by atoms with Crippen LogP contribution in [0.25, 0.3) is 0 Å². The number of anilines is 2. The van der Waals surface area contributed by atoms with E-state index in [0.717, 1.165) is 31.6 Å². The van der Waals surface area contributed by atoms with Crippen molar-refractivity contribution in [3.05, 3.63) is 24.3 Å². The van der Waals surface area contributed by atoms with Crippen LogP contribution in [0.15, 0.2) is 24.3 Å². The van der Waals surface area contributed by atoms with Crippen LogP contribution in [0.1, 0.15) is 12.8 Å². The molecule has 3 nitrogen and oxygen atoms in total. The number of nitrogens with zero attached hydrogens (tertiary/aromatic N) is 1. The molecule has 0 bridgehead atoms. The van der Waals surface area contributed by atoms with Crippen molar-refractivity contribution in [3.8, 4) is 0 Å². The fourth-order valence-electron chi connectivity index (χ4n) is 2.13. The molecule has 2 rings (SSSR count). The third-order valence-electron chi connectivity index (χ3n) is 3.04. The molecule has 82 valence electrons. The summed E-state index contributed by atoms with van der Waals surface area (Å²) in [5.74, 6) is 0.427. The smallest absolute Gasteiger partial charge is 0.0476 e. The van der Waals surface area contributed by atoms with Crippen LogP contribution in [-0.2, 0) is 0 Å². The number of hydrogen-bond donors (Lipinski definition) is 2. The van der Waals surface area contributed by atoms with E-state index in [2.05, 4.69) is 17.0 Å². The van der Waals surface area contributed by atoms with E-state index in [0.29, 0.717) is 12.5 Å². The van der Waals surface area contributed by atoms with Gasteiger partial charge < -0.3 is 15.7 Å². The highest BCUT2D eigenvalue weighted by atomic mass is 16.3. The Kier molecular flexibility index (Phi) is 3.11. The molecule has 1 heterocycles.